The summed E-state index contributed by atoms with van der Waals surface area (Å²) in [4.78, 5) is 30.8. The topological polar surface area (TPSA) is 62.3 Å². The molecule has 25 heavy (non-hydrogen) atoms. The fraction of sp³-hybridized carbons (Fsp3) is 0.350. The normalized spacial score (nSPS) is 22.0. The highest BCUT2D eigenvalue weighted by Crippen LogP contribution is 2.43. The Labute approximate surface area is 147 Å². The van der Waals surface area contributed by atoms with E-state index >= 15 is 0 Å². The van der Waals surface area contributed by atoms with Crippen LogP contribution in [0.5, 0.6) is 0 Å². The zero-order chi connectivity index (χ0) is 17.3. The Morgan fingerprint density at radius 2 is 1.76 bits per heavy atom. The number of nitrogens with one attached hydrogen (secondary N) is 1. The summed E-state index contributed by atoms with van der Waals surface area (Å²) < 4.78 is 0. The van der Waals surface area contributed by atoms with Gasteiger partial charge in [-0.1, -0.05) is 18.2 Å². The number of aromatic nitrogens is 1. The third-order valence-corrected chi connectivity index (χ3v) is 5.52. The lowest BCUT2D eigenvalue weighted by Crippen LogP contribution is -2.54. The predicted octanol–water partition coefficient (Wildman–Crippen LogP) is 2.36. The van der Waals surface area contributed by atoms with Crippen LogP contribution in [-0.4, -0.2) is 40.3 Å². The van der Waals surface area contributed by atoms with E-state index in [0.717, 1.165) is 24.0 Å². The van der Waals surface area contributed by atoms with Crippen molar-refractivity contribution in [3.8, 4) is 0 Å². The second-order valence-electron chi connectivity index (χ2n) is 6.90. The summed E-state index contributed by atoms with van der Waals surface area (Å²) in [5.41, 5.74) is 1.63. The number of pyridine rings is 1. The Morgan fingerprint density at radius 1 is 1.08 bits per heavy atom. The van der Waals surface area contributed by atoms with Crippen LogP contribution in [0.4, 0.5) is 0 Å². The highest BCUT2D eigenvalue weighted by Gasteiger charge is 2.49. The van der Waals surface area contributed by atoms with E-state index < -0.39 is 0 Å². The van der Waals surface area contributed by atoms with Crippen LogP contribution < -0.4 is 5.32 Å². The Hall–Kier alpha value is -2.69. The smallest absolute Gasteiger partial charge is 0.253 e. The van der Waals surface area contributed by atoms with E-state index in [1.165, 1.54) is 0 Å². The summed E-state index contributed by atoms with van der Waals surface area (Å²) in [6.07, 6.45) is 5.63. The minimum atomic E-state index is -0.244. The number of benzene rings is 1. The van der Waals surface area contributed by atoms with Crippen molar-refractivity contribution in [3.63, 3.8) is 0 Å². The first-order valence-corrected chi connectivity index (χ1v) is 8.73. The van der Waals surface area contributed by atoms with Crippen molar-refractivity contribution < 1.29 is 9.59 Å². The molecule has 1 spiro atoms. The predicted molar refractivity (Wildman–Crippen MR) is 94.0 cm³/mol. The number of piperidine rings is 1. The first kappa shape index (κ1) is 15.8. The van der Waals surface area contributed by atoms with Crippen LogP contribution in [0.25, 0.3) is 0 Å². The van der Waals surface area contributed by atoms with E-state index in [9.17, 15) is 9.59 Å². The molecule has 0 saturated carbocycles. The monoisotopic (exact) mass is 335 g/mol. The van der Waals surface area contributed by atoms with Crippen molar-refractivity contribution in [2.24, 2.45) is 0 Å². The van der Waals surface area contributed by atoms with Crippen LogP contribution in [0.1, 0.15) is 41.1 Å². The van der Waals surface area contributed by atoms with Gasteiger partial charge in [0.15, 0.2) is 0 Å². The maximum atomic E-state index is 12.6. The number of nitrogens with zero attached hydrogens (tertiary/aromatic N) is 2. The molecule has 1 N–H and O–H groups in total. The molecule has 128 valence electrons. The van der Waals surface area contributed by atoms with E-state index in [1.54, 1.807) is 12.4 Å². The molecule has 2 fully saturated rings. The lowest BCUT2D eigenvalue weighted by Gasteiger charge is -2.43. The molecule has 2 amide bonds. The van der Waals surface area contributed by atoms with Gasteiger partial charge in [-0.05, 0) is 42.7 Å². The van der Waals surface area contributed by atoms with E-state index in [-0.39, 0.29) is 23.3 Å². The molecule has 0 radical (unpaired) electrons. The van der Waals surface area contributed by atoms with E-state index in [0.29, 0.717) is 19.5 Å². The molecule has 1 atom stereocenters. The summed E-state index contributed by atoms with van der Waals surface area (Å²) in [5, 5.41) is 3.22. The molecule has 2 aliphatic rings. The van der Waals surface area contributed by atoms with Gasteiger partial charge >= 0.3 is 0 Å². The summed E-state index contributed by atoms with van der Waals surface area (Å²) in [6, 6.07) is 13.4. The molecule has 4 rings (SSSR count). The highest BCUT2D eigenvalue weighted by molar-refractivity contribution is 5.94. The average Bonchev–Trinajstić information content (AvgIpc) is 2.99. The molecule has 0 bridgehead atoms. The van der Waals surface area contributed by atoms with Crippen LogP contribution in [0.15, 0.2) is 54.9 Å². The van der Waals surface area contributed by atoms with Gasteiger partial charge < -0.3 is 10.2 Å². The molecule has 5 nitrogen and oxygen atoms in total. The van der Waals surface area contributed by atoms with Gasteiger partial charge in [0.25, 0.3) is 5.91 Å². The van der Waals surface area contributed by atoms with Crippen LogP contribution in [0, 0.1) is 0 Å². The van der Waals surface area contributed by atoms with Crippen molar-refractivity contribution in [1.82, 2.24) is 15.2 Å². The number of carbonyl (C=O) groups excluding carboxylic acids is 2. The Kier molecular flexibility index (Phi) is 3.99. The van der Waals surface area contributed by atoms with Gasteiger partial charge in [-0.15, -0.1) is 0 Å². The van der Waals surface area contributed by atoms with Gasteiger partial charge in [0.2, 0.25) is 5.91 Å². The van der Waals surface area contributed by atoms with E-state index in [1.807, 2.05) is 47.4 Å². The number of hydrogen-bond donors (Lipinski definition) is 1. The molecule has 1 aromatic carbocycles. The van der Waals surface area contributed by atoms with Crippen LogP contribution in [-0.2, 0) is 4.79 Å². The van der Waals surface area contributed by atoms with Crippen LogP contribution in [0.2, 0.25) is 0 Å². The lowest BCUT2D eigenvalue weighted by molar-refractivity contribution is -0.120. The molecule has 2 aromatic rings. The van der Waals surface area contributed by atoms with Gasteiger partial charge in [0, 0.05) is 43.4 Å². The Bertz CT molecular complexity index is 768. The van der Waals surface area contributed by atoms with Gasteiger partial charge in [-0.25, -0.2) is 0 Å². The van der Waals surface area contributed by atoms with Crippen molar-refractivity contribution in [2.45, 2.75) is 30.7 Å². The first-order chi connectivity index (χ1) is 12.2. The van der Waals surface area contributed by atoms with Crippen LogP contribution in [0.3, 0.4) is 0 Å². The number of likely N-dealkylation sites (tertiary alicyclic amines) is 1. The number of hydrogen-bond acceptors (Lipinski definition) is 3. The first-order valence-electron chi connectivity index (χ1n) is 8.73. The summed E-state index contributed by atoms with van der Waals surface area (Å²) in [5.74, 6) is 0.321. The lowest BCUT2D eigenvalue weighted by atomic mass is 9.74. The maximum absolute atomic E-state index is 12.6. The fourth-order valence-electron chi connectivity index (χ4n) is 4.17. The number of carbonyl (C=O) groups is 2. The van der Waals surface area contributed by atoms with Gasteiger partial charge in [0.1, 0.15) is 0 Å². The largest absolute Gasteiger partial charge is 0.350 e. The van der Waals surface area contributed by atoms with Crippen molar-refractivity contribution >= 4 is 11.8 Å². The second-order valence-corrected chi connectivity index (χ2v) is 6.90. The Morgan fingerprint density at radius 3 is 2.44 bits per heavy atom. The third kappa shape index (κ3) is 2.90. The van der Waals surface area contributed by atoms with Gasteiger partial charge in [0.05, 0.1) is 5.54 Å². The quantitative estimate of drug-likeness (QED) is 0.916. The van der Waals surface area contributed by atoms with Gasteiger partial charge in [-0.2, -0.15) is 0 Å². The third-order valence-electron chi connectivity index (χ3n) is 5.52. The zero-order valence-corrected chi connectivity index (χ0v) is 14.0. The fourth-order valence-corrected chi connectivity index (χ4v) is 4.17. The van der Waals surface area contributed by atoms with Crippen molar-refractivity contribution in [3.05, 3.63) is 66.0 Å². The standard InChI is InChI=1S/C20H21N3O2/c24-18-14-17(15-6-10-21-11-7-15)20(22-18)8-12-23(13-9-20)19(25)16-4-2-1-3-5-16/h1-7,10-11,17H,8-9,12-14H2,(H,22,24)/t17-/m1/s1. The molecule has 0 unspecified atom stereocenters. The zero-order valence-electron chi connectivity index (χ0n) is 14.0. The molecule has 0 aliphatic carbocycles. The minimum Gasteiger partial charge on any atom is -0.350 e. The molecule has 1 aromatic heterocycles. The van der Waals surface area contributed by atoms with E-state index in [2.05, 4.69) is 10.3 Å². The number of amides is 2. The molecule has 5 heteroatoms. The summed E-state index contributed by atoms with van der Waals surface area (Å²) in [6.45, 7) is 1.32. The summed E-state index contributed by atoms with van der Waals surface area (Å²) >= 11 is 0. The summed E-state index contributed by atoms with van der Waals surface area (Å²) in [7, 11) is 0. The van der Waals surface area contributed by atoms with Gasteiger partial charge in [-0.3, -0.25) is 14.6 Å². The molecule has 2 aliphatic heterocycles. The van der Waals surface area contributed by atoms with Crippen molar-refractivity contribution in [1.29, 1.82) is 0 Å². The second kappa shape index (κ2) is 6.31. The van der Waals surface area contributed by atoms with E-state index in [4.69, 9.17) is 0 Å². The number of rotatable bonds is 2. The van der Waals surface area contributed by atoms with Crippen molar-refractivity contribution in [2.75, 3.05) is 13.1 Å². The van der Waals surface area contributed by atoms with Crippen LogP contribution >= 0.6 is 0 Å². The molecule has 3 heterocycles. The highest BCUT2D eigenvalue weighted by atomic mass is 16.2. The molecular weight excluding hydrogens is 314 g/mol. The average molecular weight is 335 g/mol. The maximum Gasteiger partial charge on any atom is 0.253 e. The minimum absolute atomic E-state index is 0.0697. The Balaban J connectivity index is 1.51. The SMILES string of the molecule is O=C1C[C@H](c2ccncc2)C2(CCN(C(=O)c3ccccc3)CC2)N1. The molecular formula is C20H21N3O2. The molecule has 2 saturated heterocycles.